The van der Waals surface area contributed by atoms with Crippen LogP contribution in [0.5, 0.6) is 5.75 Å². The van der Waals surface area contributed by atoms with Crippen molar-refractivity contribution in [1.82, 2.24) is 9.55 Å². The average molecular weight is 436 g/mol. The van der Waals surface area contributed by atoms with Crippen LogP contribution >= 0.6 is 11.3 Å². The predicted octanol–water partition coefficient (Wildman–Crippen LogP) is 3.19. The number of primary amides is 1. The van der Waals surface area contributed by atoms with Gasteiger partial charge in [-0.3, -0.25) is 24.3 Å². The fourth-order valence-corrected chi connectivity index (χ4v) is 4.22. The van der Waals surface area contributed by atoms with Crippen molar-refractivity contribution >= 4 is 33.1 Å². The number of aromatic nitrogens is 2. The Labute approximate surface area is 179 Å². The number of carbonyl (C=O) groups excluding carboxylic acids is 1. The van der Waals surface area contributed by atoms with Gasteiger partial charge in [-0.25, -0.2) is 4.98 Å². The summed E-state index contributed by atoms with van der Waals surface area (Å²) in [5.41, 5.74) is 6.39. The number of benzene rings is 2. The van der Waals surface area contributed by atoms with E-state index < -0.39 is 10.8 Å². The lowest BCUT2D eigenvalue weighted by molar-refractivity contribution is -0.385. The number of nitro groups is 1. The van der Waals surface area contributed by atoms with Crippen LogP contribution in [0.25, 0.3) is 20.7 Å². The molecule has 2 heterocycles. The molecule has 0 fully saturated rings. The second kappa shape index (κ2) is 8.00. The lowest BCUT2D eigenvalue weighted by Gasteiger charge is -2.07. The first-order chi connectivity index (χ1) is 14.9. The number of carbonyl (C=O) groups is 1. The molecule has 2 aromatic carbocycles. The number of fused-ring (bicyclic) bond motifs is 1. The number of rotatable bonds is 6. The molecule has 10 heteroatoms. The number of ether oxygens (including phenoxy) is 1. The van der Waals surface area contributed by atoms with Gasteiger partial charge in [0, 0.05) is 22.1 Å². The van der Waals surface area contributed by atoms with E-state index >= 15 is 0 Å². The summed E-state index contributed by atoms with van der Waals surface area (Å²) in [5, 5.41) is 11.4. The number of amides is 1. The van der Waals surface area contributed by atoms with Crippen molar-refractivity contribution in [1.29, 1.82) is 0 Å². The molecule has 2 aromatic heterocycles. The molecule has 0 spiro atoms. The van der Waals surface area contributed by atoms with Crippen molar-refractivity contribution in [2.45, 2.75) is 6.54 Å². The minimum absolute atomic E-state index is 0.0266. The van der Waals surface area contributed by atoms with E-state index in [1.165, 1.54) is 34.4 Å². The van der Waals surface area contributed by atoms with Gasteiger partial charge in [-0.2, -0.15) is 0 Å². The molecule has 0 aliphatic heterocycles. The molecular formula is C21H16N4O5S. The van der Waals surface area contributed by atoms with Crippen molar-refractivity contribution < 1.29 is 14.5 Å². The van der Waals surface area contributed by atoms with Crippen molar-refractivity contribution in [3.05, 3.63) is 86.5 Å². The van der Waals surface area contributed by atoms with Gasteiger partial charge in [0.15, 0.2) is 0 Å². The second-order valence-electron chi connectivity index (χ2n) is 6.70. The van der Waals surface area contributed by atoms with Gasteiger partial charge in [0.25, 0.3) is 11.2 Å². The van der Waals surface area contributed by atoms with Crippen LogP contribution in [-0.4, -0.2) is 27.5 Å². The molecule has 2 N–H and O–H groups in total. The highest BCUT2D eigenvalue weighted by atomic mass is 32.1. The zero-order valence-electron chi connectivity index (χ0n) is 16.3. The zero-order chi connectivity index (χ0) is 22.1. The number of nitro benzene ring substituents is 1. The van der Waals surface area contributed by atoms with Crippen molar-refractivity contribution in [2.24, 2.45) is 5.73 Å². The number of hydrogen-bond acceptors (Lipinski definition) is 7. The zero-order valence-corrected chi connectivity index (χ0v) is 17.1. The van der Waals surface area contributed by atoms with E-state index in [1.807, 2.05) is 30.3 Å². The quantitative estimate of drug-likeness (QED) is 0.365. The molecule has 1 amide bonds. The first-order valence-electron chi connectivity index (χ1n) is 9.08. The van der Waals surface area contributed by atoms with E-state index in [4.69, 9.17) is 10.5 Å². The Morgan fingerprint density at radius 2 is 1.97 bits per heavy atom. The first-order valence-corrected chi connectivity index (χ1v) is 9.89. The van der Waals surface area contributed by atoms with Gasteiger partial charge >= 0.3 is 0 Å². The van der Waals surface area contributed by atoms with Crippen LogP contribution in [0.3, 0.4) is 0 Å². The first kappa shape index (κ1) is 20.2. The normalized spacial score (nSPS) is 10.9. The molecule has 0 aliphatic carbocycles. The number of methoxy groups -OCH3 is 1. The Morgan fingerprint density at radius 1 is 1.23 bits per heavy atom. The van der Waals surface area contributed by atoms with Gasteiger partial charge in [0.1, 0.15) is 10.4 Å². The molecule has 0 saturated heterocycles. The topological polar surface area (TPSA) is 130 Å². The summed E-state index contributed by atoms with van der Waals surface area (Å²) in [6, 6.07) is 13.2. The molecule has 9 nitrogen and oxygen atoms in total. The Bertz CT molecular complexity index is 1380. The van der Waals surface area contributed by atoms with Crippen LogP contribution in [0.2, 0.25) is 0 Å². The SMILES string of the molecule is COc1ccc(-c2cc3ncn(Cc4ccc(C(N)=O)cc4[N+](=O)[O-])c(=O)c3s2)cc1. The third-order valence-electron chi connectivity index (χ3n) is 4.79. The second-order valence-corrected chi connectivity index (χ2v) is 7.75. The van der Waals surface area contributed by atoms with Gasteiger partial charge in [0.2, 0.25) is 5.91 Å². The lowest BCUT2D eigenvalue weighted by Crippen LogP contribution is -2.21. The molecule has 0 bridgehead atoms. The Morgan fingerprint density at radius 3 is 2.61 bits per heavy atom. The highest BCUT2D eigenvalue weighted by molar-refractivity contribution is 7.22. The largest absolute Gasteiger partial charge is 0.497 e. The van der Waals surface area contributed by atoms with Gasteiger partial charge in [-0.05, 0) is 48.0 Å². The van der Waals surface area contributed by atoms with Crippen LogP contribution in [0, 0.1) is 10.1 Å². The highest BCUT2D eigenvalue weighted by Crippen LogP contribution is 2.32. The standard InChI is InChI=1S/C21H16N4O5S/c1-30-15-6-4-12(5-7-15)18-9-16-19(31-18)21(27)24(11-23-16)10-14-3-2-13(20(22)26)8-17(14)25(28)29/h2-9,11H,10H2,1H3,(H2,22,26). The smallest absolute Gasteiger partial charge is 0.275 e. The van der Waals surface area contributed by atoms with Crippen LogP contribution in [0.1, 0.15) is 15.9 Å². The fraction of sp³-hybridized carbons (Fsp3) is 0.0952. The number of hydrogen-bond donors (Lipinski definition) is 1. The maximum Gasteiger partial charge on any atom is 0.275 e. The molecule has 156 valence electrons. The third-order valence-corrected chi connectivity index (χ3v) is 5.95. The maximum absolute atomic E-state index is 13.0. The summed E-state index contributed by atoms with van der Waals surface area (Å²) in [6.07, 6.45) is 1.36. The van der Waals surface area contributed by atoms with Crippen LogP contribution in [0.15, 0.2) is 59.7 Å². The highest BCUT2D eigenvalue weighted by Gasteiger charge is 2.18. The Balaban J connectivity index is 1.73. The summed E-state index contributed by atoms with van der Waals surface area (Å²) in [7, 11) is 1.59. The Kier molecular flexibility index (Phi) is 5.22. The minimum atomic E-state index is -0.764. The molecule has 4 aromatic rings. The maximum atomic E-state index is 13.0. The minimum Gasteiger partial charge on any atom is -0.497 e. The van der Waals surface area contributed by atoms with Gasteiger partial charge in [0.05, 0.1) is 30.4 Å². The van der Waals surface area contributed by atoms with Crippen LogP contribution in [-0.2, 0) is 6.54 Å². The van der Waals surface area contributed by atoms with E-state index in [9.17, 15) is 19.7 Å². The van der Waals surface area contributed by atoms with E-state index in [-0.39, 0.29) is 28.9 Å². The van der Waals surface area contributed by atoms with E-state index in [2.05, 4.69) is 4.98 Å². The summed E-state index contributed by atoms with van der Waals surface area (Å²) < 4.78 is 6.92. The van der Waals surface area contributed by atoms with Crippen molar-refractivity contribution in [3.63, 3.8) is 0 Å². The average Bonchev–Trinajstić information content (AvgIpc) is 3.21. The van der Waals surface area contributed by atoms with Crippen molar-refractivity contribution in [3.8, 4) is 16.2 Å². The van der Waals surface area contributed by atoms with Gasteiger partial charge in [-0.1, -0.05) is 0 Å². The molecule has 31 heavy (non-hydrogen) atoms. The lowest BCUT2D eigenvalue weighted by atomic mass is 10.1. The molecule has 0 saturated carbocycles. The fourth-order valence-electron chi connectivity index (χ4n) is 3.16. The summed E-state index contributed by atoms with van der Waals surface area (Å²) in [6.45, 7) is -0.0626. The van der Waals surface area contributed by atoms with Crippen LogP contribution < -0.4 is 16.0 Å². The number of nitrogens with two attached hydrogens (primary N) is 1. The van der Waals surface area contributed by atoms with E-state index in [1.54, 1.807) is 7.11 Å². The molecule has 0 aliphatic rings. The monoisotopic (exact) mass is 436 g/mol. The van der Waals surface area contributed by atoms with E-state index in [0.717, 1.165) is 22.3 Å². The molecular weight excluding hydrogens is 420 g/mol. The Hall–Kier alpha value is -4.05. The molecule has 0 atom stereocenters. The summed E-state index contributed by atoms with van der Waals surface area (Å²) in [5.74, 6) is -0.0335. The molecule has 0 radical (unpaired) electrons. The van der Waals surface area contributed by atoms with Gasteiger partial charge < -0.3 is 10.5 Å². The third kappa shape index (κ3) is 3.88. The summed E-state index contributed by atoms with van der Waals surface area (Å²) in [4.78, 5) is 40.4. The predicted molar refractivity (Wildman–Crippen MR) is 117 cm³/mol. The number of nitrogens with zero attached hydrogens (tertiary/aromatic N) is 3. The van der Waals surface area contributed by atoms with Gasteiger partial charge in [-0.15, -0.1) is 11.3 Å². The molecule has 0 unspecified atom stereocenters. The van der Waals surface area contributed by atoms with Crippen molar-refractivity contribution in [2.75, 3.05) is 7.11 Å². The number of thiophene rings is 1. The summed E-state index contributed by atoms with van der Waals surface area (Å²) >= 11 is 1.30. The van der Waals surface area contributed by atoms with Crippen LogP contribution in [0.4, 0.5) is 5.69 Å². The van der Waals surface area contributed by atoms with E-state index in [0.29, 0.717) is 10.2 Å². The molecule has 4 rings (SSSR count).